The molecule has 0 saturated carbocycles. The van der Waals surface area contributed by atoms with Crippen molar-refractivity contribution in [3.63, 3.8) is 0 Å². The molecular weight excluding hydrogens is 248 g/mol. The van der Waals surface area contributed by atoms with Crippen LogP contribution in [-0.4, -0.2) is 13.1 Å². The second-order valence-electron chi connectivity index (χ2n) is 5.20. The minimum Gasteiger partial charge on any atom is -0.469 e. The Morgan fingerprint density at radius 3 is 2.10 bits per heavy atom. The van der Waals surface area contributed by atoms with Crippen LogP contribution >= 0.6 is 0 Å². The van der Waals surface area contributed by atoms with Crippen molar-refractivity contribution in [2.75, 3.05) is 7.11 Å². The van der Waals surface area contributed by atoms with Crippen LogP contribution in [0, 0.1) is 0 Å². The predicted molar refractivity (Wildman–Crippen MR) is 86.8 cm³/mol. The van der Waals surface area contributed by atoms with Gasteiger partial charge in [-0.1, -0.05) is 63.3 Å². The van der Waals surface area contributed by atoms with E-state index < -0.39 is 0 Å². The quantitative estimate of drug-likeness (QED) is 0.250. The summed E-state index contributed by atoms with van der Waals surface area (Å²) in [5.41, 5.74) is 0. The Hall–Kier alpha value is -1.05. The second kappa shape index (κ2) is 16.0. The summed E-state index contributed by atoms with van der Waals surface area (Å²) in [6, 6.07) is 0. The van der Waals surface area contributed by atoms with E-state index in [4.69, 9.17) is 0 Å². The minimum absolute atomic E-state index is 0.0834. The molecule has 0 heterocycles. The number of allylic oxidation sites excluding steroid dienone is 4. The van der Waals surface area contributed by atoms with Crippen LogP contribution in [0.5, 0.6) is 0 Å². The lowest BCUT2D eigenvalue weighted by molar-refractivity contribution is -0.140. The van der Waals surface area contributed by atoms with E-state index in [9.17, 15) is 4.79 Å². The topological polar surface area (TPSA) is 26.3 Å². The highest BCUT2D eigenvalue weighted by molar-refractivity contribution is 5.68. The third kappa shape index (κ3) is 15.0. The Morgan fingerprint density at radius 1 is 0.850 bits per heavy atom. The van der Waals surface area contributed by atoms with Crippen LogP contribution in [0.1, 0.15) is 77.6 Å². The van der Waals surface area contributed by atoms with Gasteiger partial charge in [0.1, 0.15) is 0 Å². The van der Waals surface area contributed by atoms with E-state index in [1.54, 1.807) is 0 Å². The molecule has 0 fully saturated rings. The summed E-state index contributed by atoms with van der Waals surface area (Å²) in [5, 5.41) is 0. The van der Waals surface area contributed by atoms with Gasteiger partial charge in [0.25, 0.3) is 0 Å². The largest absolute Gasteiger partial charge is 0.469 e. The number of methoxy groups -OCH3 is 1. The number of carbonyl (C=O) groups excluding carboxylic acids is 1. The van der Waals surface area contributed by atoms with Gasteiger partial charge in [0, 0.05) is 6.42 Å². The molecule has 0 saturated heterocycles. The van der Waals surface area contributed by atoms with Crippen molar-refractivity contribution in [1.82, 2.24) is 0 Å². The number of carbonyl (C=O) groups is 1. The Morgan fingerprint density at radius 2 is 1.45 bits per heavy atom. The van der Waals surface area contributed by atoms with Gasteiger partial charge in [-0.25, -0.2) is 0 Å². The normalized spacial score (nSPS) is 11.5. The highest BCUT2D eigenvalue weighted by atomic mass is 16.5. The van der Waals surface area contributed by atoms with Crippen molar-refractivity contribution in [2.24, 2.45) is 0 Å². The summed E-state index contributed by atoms with van der Waals surface area (Å²) in [7, 11) is 1.45. The molecule has 0 aliphatic carbocycles. The Balaban J connectivity index is 3.19. The molecule has 0 bridgehead atoms. The summed E-state index contributed by atoms with van der Waals surface area (Å²) < 4.78 is 4.61. The average molecular weight is 280 g/mol. The van der Waals surface area contributed by atoms with E-state index in [-0.39, 0.29) is 5.97 Å². The van der Waals surface area contributed by atoms with Crippen LogP contribution in [-0.2, 0) is 9.53 Å². The fourth-order valence-electron chi connectivity index (χ4n) is 1.99. The highest BCUT2D eigenvalue weighted by Crippen LogP contribution is 2.08. The van der Waals surface area contributed by atoms with Gasteiger partial charge in [-0.2, -0.15) is 0 Å². The van der Waals surface area contributed by atoms with E-state index >= 15 is 0 Å². The number of hydrogen-bond acceptors (Lipinski definition) is 2. The third-order valence-corrected chi connectivity index (χ3v) is 3.31. The van der Waals surface area contributed by atoms with Gasteiger partial charge < -0.3 is 4.74 Å². The van der Waals surface area contributed by atoms with Gasteiger partial charge in [0.2, 0.25) is 0 Å². The first-order chi connectivity index (χ1) is 9.81. The molecule has 0 aliphatic heterocycles. The van der Waals surface area contributed by atoms with E-state index in [1.165, 1.54) is 52.1 Å². The zero-order chi connectivity index (χ0) is 14.9. The first-order valence-corrected chi connectivity index (χ1v) is 8.18. The predicted octanol–water partition coefficient (Wildman–Crippen LogP) is 5.58. The van der Waals surface area contributed by atoms with E-state index in [1.807, 2.05) is 0 Å². The maximum absolute atomic E-state index is 10.9. The fraction of sp³-hybridized carbons (Fsp3) is 0.722. The van der Waals surface area contributed by atoms with Gasteiger partial charge in [0.05, 0.1) is 7.11 Å². The molecule has 0 N–H and O–H groups in total. The van der Waals surface area contributed by atoms with Gasteiger partial charge in [0.15, 0.2) is 0 Å². The van der Waals surface area contributed by atoms with Gasteiger partial charge in [-0.15, -0.1) is 0 Å². The summed E-state index contributed by atoms with van der Waals surface area (Å²) in [6.45, 7) is 2.23. The molecule has 0 atom stereocenters. The standard InChI is InChI=1S/C18H32O2/c1-3-4-5-6-7-8-9-10-11-12-13-14-15-16-17-18(19)20-2/h6-7,9-10H,3-5,8,11-17H2,1-2H3/b7-6+,10-9+. The average Bonchev–Trinajstić information content (AvgIpc) is 2.47. The van der Waals surface area contributed by atoms with Crippen molar-refractivity contribution < 1.29 is 9.53 Å². The smallest absolute Gasteiger partial charge is 0.305 e. The lowest BCUT2D eigenvalue weighted by atomic mass is 10.1. The first kappa shape index (κ1) is 18.9. The van der Waals surface area contributed by atoms with E-state index in [0.29, 0.717) is 6.42 Å². The molecule has 2 nitrogen and oxygen atoms in total. The number of rotatable bonds is 13. The molecule has 2 heteroatoms. The number of ether oxygens (including phenoxy) is 1. The molecular formula is C18H32O2. The lowest BCUT2D eigenvalue weighted by Crippen LogP contribution is -1.98. The number of unbranched alkanes of at least 4 members (excludes halogenated alkanes) is 7. The molecule has 0 amide bonds. The maximum atomic E-state index is 10.9. The molecule has 0 aromatic heterocycles. The Kier molecular flexibility index (Phi) is 15.2. The molecule has 0 spiro atoms. The zero-order valence-electron chi connectivity index (χ0n) is 13.4. The van der Waals surface area contributed by atoms with Crippen LogP contribution in [0.15, 0.2) is 24.3 Å². The van der Waals surface area contributed by atoms with E-state index in [0.717, 1.165) is 19.3 Å². The zero-order valence-corrected chi connectivity index (χ0v) is 13.4. The molecule has 0 aromatic rings. The van der Waals surface area contributed by atoms with Gasteiger partial charge in [-0.05, 0) is 32.1 Å². The van der Waals surface area contributed by atoms with E-state index in [2.05, 4.69) is 36.0 Å². The van der Waals surface area contributed by atoms with Crippen molar-refractivity contribution in [2.45, 2.75) is 77.6 Å². The fourth-order valence-corrected chi connectivity index (χ4v) is 1.99. The van der Waals surface area contributed by atoms with Crippen LogP contribution in [0.3, 0.4) is 0 Å². The maximum Gasteiger partial charge on any atom is 0.305 e. The van der Waals surface area contributed by atoms with Crippen LogP contribution in [0.2, 0.25) is 0 Å². The monoisotopic (exact) mass is 280 g/mol. The van der Waals surface area contributed by atoms with Crippen molar-refractivity contribution in [3.05, 3.63) is 24.3 Å². The van der Waals surface area contributed by atoms with Crippen LogP contribution in [0.4, 0.5) is 0 Å². The molecule has 116 valence electrons. The number of hydrogen-bond donors (Lipinski definition) is 0. The second-order valence-corrected chi connectivity index (χ2v) is 5.20. The van der Waals surface area contributed by atoms with Crippen molar-refractivity contribution in [3.8, 4) is 0 Å². The highest BCUT2D eigenvalue weighted by Gasteiger charge is 1.98. The minimum atomic E-state index is -0.0834. The van der Waals surface area contributed by atoms with Crippen molar-refractivity contribution in [1.29, 1.82) is 0 Å². The van der Waals surface area contributed by atoms with Gasteiger partial charge in [-0.3, -0.25) is 4.79 Å². The Labute approximate surface area is 125 Å². The summed E-state index contributed by atoms with van der Waals surface area (Å²) in [5.74, 6) is -0.0834. The molecule has 0 unspecified atom stereocenters. The summed E-state index contributed by atoms with van der Waals surface area (Å²) >= 11 is 0. The van der Waals surface area contributed by atoms with Gasteiger partial charge >= 0.3 is 5.97 Å². The Bertz CT molecular complexity index is 267. The molecule has 0 rings (SSSR count). The summed E-state index contributed by atoms with van der Waals surface area (Å²) in [4.78, 5) is 10.9. The van der Waals surface area contributed by atoms with Crippen LogP contribution < -0.4 is 0 Å². The third-order valence-electron chi connectivity index (χ3n) is 3.31. The first-order valence-electron chi connectivity index (χ1n) is 8.18. The summed E-state index contributed by atoms with van der Waals surface area (Å²) in [6.07, 6.45) is 21.6. The lowest BCUT2D eigenvalue weighted by Gasteiger charge is -1.99. The SMILES string of the molecule is CCCC/C=C/C/C=C/CCCCCCCC(=O)OC. The molecule has 0 aromatic carbocycles. The van der Waals surface area contributed by atoms with Crippen LogP contribution in [0.25, 0.3) is 0 Å². The number of esters is 1. The molecule has 0 radical (unpaired) electrons. The molecule has 0 aliphatic rings. The van der Waals surface area contributed by atoms with Crippen molar-refractivity contribution >= 4 is 5.97 Å². The molecule has 20 heavy (non-hydrogen) atoms.